The molecule has 3 aromatic rings. The Morgan fingerprint density at radius 3 is 2.45 bits per heavy atom. The molecule has 6 rings (SSSR count). The van der Waals surface area contributed by atoms with Gasteiger partial charge in [-0.25, -0.2) is 9.88 Å². The number of benzene rings is 2. The molecule has 2 heterocycles. The van der Waals surface area contributed by atoms with Crippen LogP contribution in [0.25, 0.3) is 10.2 Å². The van der Waals surface area contributed by atoms with Crippen molar-refractivity contribution >= 4 is 56.6 Å². The Hall–Kier alpha value is -2.77. The van der Waals surface area contributed by atoms with Gasteiger partial charge in [-0.3, -0.25) is 14.4 Å². The average molecular weight is 447 g/mol. The monoisotopic (exact) mass is 446 g/mol. The van der Waals surface area contributed by atoms with E-state index >= 15 is 0 Å². The summed E-state index contributed by atoms with van der Waals surface area (Å²) in [4.78, 5) is 44.5. The molecular weight excluding hydrogens is 428 g/mol. The third-order valence-corrected chi connectivity index (χ3v) is 8.66. The van der Waals surface area contributed by atoms with E-state index in [0.717, 1.165) is 21.0 Å². The lowest BCUT2D eigenvalue weighted by Crippen LogP contribution is -2.32. The number of ketones is 1. The third kappa shape index (κ3) is 2.98. The number of hydrogen-bond acceptors (Lipinski definition) is 6. The van der Waals surface area contributed by atoms with Gasteiger partial charge in [-0.15, -0.1) is 11.3 Å². The Bertz CT molecular complexity index is 1240. The molecule has 31 heavy (non-hydrogen) atoms. The van der Waals surface area contributed by atoms with Gasteiger partial charge in [0.1, 0.15) is 0 Å². The van der Waals surface area contributed by atoms with E-state index in [1.165, 1.54) is 28.0 Å². The van der Waals surface area contributed by atoms with Gasteiger partial charge < -0.3 is 0 Å². The summed E-state index contributed by atoms with van der Waals surface area (Å²) < 4.78 is 1.71. The van der Waals surface area contributed by atoms with Gasteiger partial charge in [-0.05, 0) is 36.5 Å². The standard InChI is InChI=1S/C24H18N2O3S2/c27-18(13-4-2-1-3-5-13)12-30-24-25-17-9-8-16(11-19(17)31-24)26-22(28)20-14-6-7-15(10-14)21(20)23(26)29/h1-9,11,14-15,20-21H,10,12H2/t14-,15-,20+,21+/m0/s1. The molecule has 3 aliphatic rings. The Kier molecular flexibility index (Phi) is 4.36. The highest BCUT2D eigenvalue weighted by atomic mass is 32.2. The minimum Gasteiger partial charge on any atom is -0.293 e. The number of thioether (sulfide) groups is 1. The number of amides is 2. The van der Waals surface area contributed by atoms with E-state index in [9.17, 15) is 14.4 Å². The van der Waals surface area contributed by atoms with Crippen LogP contribution in [0.4, 0.5) is 5.69 Å². The maximum absolute atomic E-state index is 13.1. The van der Waals surface area contributed by atoms with E-state index in [2.05, 4.69) is 17.1 Å². The van der Waals surface area contributed by atoms with E-state index in [1.54, 1.807) is 6.07 Å². The minimum absolute atomic E-state index is 0.0635. The molecular formula is C24H18N2O3S2. The van der Waals surface area contributed by atoms with Crippen LogP contribution in [0.3, 0.4) is 0 Å². The number of Topliss-reactive ketones (excluding diaryl/α,β-unsaturated/α-hetero) is 1. The van der Waals surface area contributed by atoms with Gasteiger partial charge in [0.25, 0.3) is 0 Å². The molecule has 1 saturated heterocycles. The Labute approximate surface area is 187 Å². The summed E-state index contributed by atoms with van der Waals surface area (Å²) in [5.41, 5.74) is 2.12. The second-order valence-corrected chi connectivity index (χ2v) is 10.5. The first-order valence-corrected chi connectivity index (χ1v) is 12.1. The predicted octanol–water partition coefficient (Wildman–Crippen LogP) is 4.58. The van der Waals surface area contributed by atoms with E-state index in [0.29, 0.717) is 17.0 Å². The van der Waals surface area contributed by atoms with Gasteiger partial charge in [-0.2, -0.15) is 0 Å². The molecule has 0 unspecified atom stereocenters. The molecule has 0 radical (unpaired) electrons. The van der Waals surface area contributed by atoms with E-state index in [-0.39, 0.29) is 41.3 Å². The number of carbonyl (C=O) groups is 3. The molecule has 2 amide bonds. The molecule has 2 bridgehead atoms. The van der Waals surface area contributed by atoms with Gasteiger partial charge >= 0.3 is 0 Å². The summed E-state index contributed by atoms with van der Waals surface area (Å²) in [6, 6.07) is 14.8. The number of carbonyl (C=O) groups excluding carboxylic acids is 3. The van der Waals surface area contributed by atoms with Crippen LogP contribution in [-0.2, 0) is 9.59 Å². The number of rotatable bonds is 5. The Morgan fingerprint density at radius 1 is 1.03 bits per heavy atom. The van der Waals surface area contributed by atoms with Crippen molar-refractivity contribution in [3.8, 4) is 0 Å². The van der Waals surface area contributed by atoms with Crippen LogP contribution in [0.15, 0.2) is 65.0 Å². The first-order chi connectivity index (χ1) is 15.1. The Morgan fingerprint density at radius 2 is 1.74 bits per heavy atom. The van der Waals surface area contributed by atoms with Crippen LogP contribution in [0.5, 0.6) is 0 Å². The number of fused-ring (bicyclic) bond motifs is 6. The predicted molar refractivity (Wildman–Crippen MR) is 121 cm³/mol. The fourth-order valence-corrected chi connectivity index (χ4v) is 7.08. The van der Waals surface area contributed by atoms with Gasteiger partial charge in [0.05, 0.1) is 33.5 Å². The third-order valence-electron chi connectivity index (χ3n) is 6.50. The van der Waals surface area contributed by atoms with Crippen LogP contribution in [0.1, 0.15) is 16.8 Å². The van der Waals surface area contributed by atoms with Crippen LogP contribution in [-0.4, -0.2) is 28.3 Å². The molecule has 2 fully saturated rings. The molecule has 154 valence electrons. The highest BCUT2D eigenvalue weighted by molar-refractivity contribution is 8.01. The number of thiazole rings is 1. The summed E-state index contributed by atoms with van der Waals surface area (Å²) in [7, 11) is 0. The molecule has 1 aliphatic heterocycles. The lowest BCUT2D eigenvalue weighted by atomic mass is 9.85. The molecule has 1 aromatic heterocycles. The van der Waals surface area contributed by atoms with Crippen molar-refractivity contribution in [3.63, 3.8) is 0 Å². The zero-order valence-corrected chi connectivity index (χ0v) is 18.1. The molecule has 7 heteroatoms. The average Bonchev–Trinajstić information content (AvgIpc) is 3.55. The van der Waals surface area contributed by atoms with Crippen molar-refractivity contribution in [2.45, 2.75) is 10.8 Å². The second kappa shape index (κ2) is 7.14. The van der Waals surface area contributed by atoms with Gasteiger partial charge in [0.15, 0.2) is 10.1 Å². The van der Waals surface area contributed by atoms with Gasteiger partial charge in [-0.1, -0.05) is 54.2 Å². The fraction of sp³-hybridized carbons (Fsp3) is 0.250. The molecule has 2 aromatic carbocycles. The van der Waals surface area contributed by atoms with E-state index < -0.39 is 0 Å². The van der Waals surface area contributed by atoms with Crippen LogP contribution < -0.4 is 4.90 Å². The van der Waals surface area contributed by atoms with Crippen molar-refractivity contribution in [2.24, 2.45) is 23.7 Å². The minimum atomic E-state index is -0.199. The summed E-state index contributed by atoms with van der Waals surface area (Å²) >= 11 is 2.90. The fourth-order valence-electron chi connectivity index (χ4n) is 5.08. The van der Waals surface area contributed by atoms with Crippen LogP contribution in [0, 0.1) is 23.7 Å². The largest absolute Gasteiger partial charge is 0.293 e. The normalized spacial score (nSPS) is 26.3. The summed E-state index contributed by atoms with van der Waals surface area (Å²) in [6.45, 7) is 0. The highest BCUT2D eigenvalue weighted by Gasteiger charge is 2.59. The number of allylic oxidation sites excluding steroid dienone is 2. The van der Waals surface area contributed by atoms with E-state index in [4.69, 9.17) is 0 Å². The first kappa shape index (κ1) is 19.0. The summed E-state index contributed by atoms with van der Waals surface area (Å²) in [5.74, 6) is 0.247. The quantitative estimate of drug-likeness (QED) is 0.248. The van der Waals surface area contributed by atoms with Crippen molar-refractivity contribution < 1.29 is 14.4 Å². The molecule has 2 aliphatic carbocycles. The van der Waals surface area contributed by atoms with E-state index in [1.807, 2.05) is 42.5 Å². The zero-order valence-electron chi connectivity index (χ0n) is 16.4. The van der Waals surface area contributed by atoms with Crippen molar-refractivity contribution in [2.75, 3.05) is 10.7 Å². The molecule has 0 N–H and O–H groups in total. The van der Waals surface area contributed by atoms with Gasteiger partial charge in [0.2, 0.25) is 11.8 Å². The molecule has 0 spiro atoms. The van der Waals surface area contributed by atoms with Crippen LogP contribution >= 0.6 is 23.1 Å². The van der Waals surface area contributed by atoms with Crippen LogP contribution in [0.2, 0.25) is 0 Å². The summed E-state index contributed by atoms with van der Waals surface area (Å²) in [5, 5.41) is 0. The first-order valence-electron chi connectivity index (χ1n) is 10.3. The lowest BCUT2D eigenvalue weighted by molar-refractivity contribution is -0.123. The van der Waals surface area contributed by atoms with Crippen molar-refractivity contribution in [1.29, 1.82) is 0 Å². The highest BCUT2D eigenvalue weighted by Crippen LogP contribution is 2.53. The van der Waals surface area contributed by atoms with Crippen molar-refractivity contribution in [3.05, 3.63) is 66.2 Å². The number of hydrogen-bond donors (Lipinski definition) is 0. The maximum atomic E-state index is 13.1. The Balaban J connectivity index is 1.23. The van der Waals surface area contributed by atoms with Gasteiger partial charge in [0, 0.05) is 5.56 Å². The maximum Gasteiger partial charge on any atom is 0.238 e. The zero-order chi connectivity index (χ0) is 21.1. The number of imide groups is 1. The number of aromatic nitrogens is 1. The lowest BCUT2D eigenvalue weighted by Gasteiger charge is -2.17. The molecule has 4 atom stereocenters. The second-order valence-electron chi connectivity index (χ2n) is 8.22. The molecule has 5 nitrogen and oxygen atoms in total. The number of anilines is 1. The number of nitrogens with zero attached hydrogens (tertiary/aromatic N) is 2. The smallest absolute Gasteiger partial charge is 0.238 e. The summed E-state index contributed by atoms with van der Waals surface area (Å²) in [6.07, 6.45) is 5.14. The SMILES string of the molecule is O=C(CSc1nc2ccc(N3C(=O)[C@H]4[C@H](C3=O)[C@H]3C=C[C@H]4C3)cc2s1)c1ccccc1. The molecule has 1 saturated carbocycles. The topological polar surface area (TPSA) is 67.3 Å². The van der Waals surface area contributed by atoms with Crippen molar-refractivity contribution in [1.82, 2.24) is 4.98 Å².